The zero-order valence-corrected chi connectivity index (χ0v) is 36.5. The van der Waals surface area contributed by atoms with Gasteiger partial charge in [-0.3, -0.25) is 23.5 Å². The number of anilines is 1. The van der Waals surface area contributed by atoms with Crippen molar-refractivity contribution < 1.29 is 60.2 Å². The first kappa shape index (κ1) is 51.2. The van der Waals surface area contributed by atoms with E-state index in [9.17, 15) is 23.7 Å². The van der Waals surface area contributed by atoms with E-state index in [0.29, 0.717) is 17.4 Å². The van der Waals surface area contributed by atoms with E-state index in [4.69, 9.17) is 38.3 Å². The number of hydrogen-bond acceptors (Lipinski definition) is 14. The monoisotopic (exact) mass is 851 g/mol. The second kappa shape index (κ2) is 24.9. The summed E-state index contributed by atoms with van der Waals surface area (Å²) < 4.78 is 82.7. The number of aromatic nitrogens is 2. The number of phosphoric ester groups is 1. The van der Waals surface area contributed by atoms with Crippen molar-refractivity contribution in [2.45, 2.75) is 182 Å². The molecule has 0 radical (unpaired) electrons. The molecule has 2 N–H and O–H groups in total. The molecule has 2 rings (SSSR count). The van der Waals surface area contributed by atoms with Crippen LogP contribution in [0.1, 0.15) is 164 Å². The van der Waals surface area contributed by atoms with Crippen molar-refractivity contribution in [1.82, 2.24) is 9.55 Å². The number of alkyl halides is 2. The number of nitrogen functional groups attached to an aromatic ring is 1. The van der Waals surface area contributed by atoms with E-state index in [1.54, 1.807) is 41.5 Å². The Bertz CT molecular complexity index is 1480. The number of phosphoric acid groups is 1. The average Bonchev–Trinajstić information content (AvgIpc) is 3.37. The first-order valence-electron chi connectivity index (χ1n) is 20.7. The molecule has 0 amide bonds. The van der Waals surface area contributed by atoms with Gasteiger partial charge >= 0.3 is 37.3 Å². The van der Waals surface area contributed by atoms with Crippen LogP contribution in [0.25, 0.3) is 0 Å². The Morgan fingerprint density at radius 2 is 1.24 bits per heavy atom. The van der Waals surface area contributed by atoms with Gasteiger partial charge in [-0.2, -0.15) is 13.8 Å². The third kappa shape index (κ3) is 18.5. The Hall–Kier alpha value is -2.98. The van der Waals surface area contributed by atoms with Crippen LogP contribution < -0.4 is 11.4 Å². The topological polar surface area (TPSA) is 194 Å². The van der Waals surface area contributed by atoms with E-state index in [1.165, 1.54) is 64.2 Å². The predicted molar refractivity (Wildman–Crippen MR) is 212 cm³/mol. The molecule has 334 valence electrons. The number of nitrogens with zero attached hydrogens (tertiary/aromatic N) is 2. The number of rotatable bonds is 28. The summed E-state index contributed by atoms with van der Waals surface area (Å²) in [5.74, 6) is -6.67. The first-order valence-corrected chi connectivity index (χ1v) is 22.1. The number of carbonyl (C=O) groups excluding carboxylic acids is 3. The van der Waals surface area contributed by atoms with Crippen LogP contribution in [0.5, 0.6) is 0 Å². The fraction of sp³-hybridized carbons (Fsp3) is 0.825. The highest BCUT2D eigenvalue weighted by atomic mass is 31.2. The predicted octanol–water partition coefficient (Wildman–Crippen LogP) is 9.17. The molecule has 0 aliphatic carbocycles. The van der Waals surface area contributed by atoms with Crippen molar-refractivity contribution in [2.75, 3.05) is 25.9 Å². The second-order valence-corrected chi connectivity index (χ2v) is 18.5. The quantitative estimate of drug-likeness (QED) is 0.0276. The van der Waals surface area contributed by atoms with Gasteiger partial charge in [0.1, 0.15) is 11.9 Å². The molecular formula is C40H68F2N3O12P. The van der Waals surface area contributed by atoms with Crippen LogP contribution in [0.2, 0.25) is 0 Å². The number of hydrogen-bond donors (Lipinski definition) is 1. The number of nitrogens with two attached hydrogens (primary N) is 1. The molecule has 1 aliphatic heterocycles. The van der Waals surface area contributed by atoms with Crippen LogP contribution in [0.3, 0.4) is 0 Å². The highest BCUT2D eigenvalue weighted by Gasteiger charge is 2.63. The molecule has 0 aromatic carbocycles. The zero-order chi connectivity index (χ0) is 43.4. The first-order chi connectivity index (χ1) is 27.2. The second-order valence-electron chi connectivity index (χ2n) is 16.8. The van der Waals surface area contributed by atoms with Gasteiger partial charge in [0.25, 0.3) is 0 Å². The minimum Gasteiger partial charge on any atom is -0.453 e. The Balaban J connectivity index is 2.02. The molecular weight excluding hydrogens is 783 g/mol. The van der Waals surface area contributed by atoms with Crippen molar-refractivity contribution in [3.63, 3.8) is 0 Å². The highest BCUT2D eigenvalue weighted by Crippen LogP contribution is 2.52. The molecule has 58 heavy (non-hydrogen) atoms. The number of carbonyl (C=O) groups is 3. The SMILES string of the molecule is CCCCCCCCCCCCCCCCCCC(=O)O[C@@H]1C(COP(=O)(OCOC(=O)C(C)(C)C)OCOC(=O)C(C)(C)C)O[C@@H](n2ccc(N)nc2=O)C1(F)F. The van der Waals surface area contributed by atoms with Crippen molar-refractivity contribution in [1.29, 1.82) is 0 Å². The molecule has 1 aromatic heterocycles. The number of ether oxygens (including phenoxy) is 4. The minimum atomic E-state index is -4.86. The average molecular weight is 852 g/mol. The lowest BCUT2D eigenvalue weighted by atomic mass is 9.98. The summed E-state index contributed by atoms with van der Waals surface area (Å²) in [6.45, 7) is 8.69. The van der Waals surface area contributed by atoms with Crippen molar-refractivity contribution >= 4 is 31.5 Å². The lowest BCUT2D eigenvalue weighted by Gasteiger charge is -2.25. The normalized spacial score (nSPS) is 18.3. The maximum atomic E-state index is 16.1. The Morgan fingerprint density at radius 3 is 1.67 bits per heavy atom. The molecule has 2 heterocycles. The Morgan fingerprint density at radius 1 is 0.793 bits per heavy atom. The third-order valence-electron chi connectivity index (χ3n) is 9.37. The van der Waals surface area contributed by atoms with Gasteiger partial charge in [-0.25, -0.2) is 18.4 Å². The molecule has 0 saturated carbocycles. The van der Waals surface area contributed by atoms with E-state index in [0.717, 1.165) is 37.9 Å². The van der Waals surface area contributed by atoms with Gasteiger partial charge in [-0.1, -0.05) is 103 Å². The molecule has 18 heteroatoms. The van der Waals surface area contributed by atoms with E-state index in [-0.39, 0.29) is 12.2 Å². The van der Waals surface area contributed by atoms with Crippen LogP contribution in [0, 0.1) is 10.8 Å². The summed E-state index contributed by atoms with van der Waals surface area (Å²) >= 11 is 0. The van der Waals surface area contributed by atoms with Gasteiger partial charge in [0.05, 0.1) is 17.4 Å². The lowest BCUT2D eigenvalue weighted by molar-refractivity contribution is -0.176. The van der Waals surface area contributed by atoms with Gasteiger partial charge in [0.2, 0.25) is 19.8 Å². The molecule has 0 spiro atoms. The van der Waals surface area contributed by atoms with Gasteiger partial charge in [0, 0.05) is 12.6 Å². The molecule has 1 saturated heterocycles. The fourth-order valence-corrected chi connectivity index (χ4v) is 6.79. The van der Waals surface area contributed by atoms with Crippen LogP contribution in [0.15, 0.2) is 17.1 Å². The maximum Gasteiger partial charge on any atom is 0.480 e. The summed E-state index contributed by atoms with van der Waals surface area (Å²) in [5.41, 5.74) is 2.45. The van der Waals surface area contributed by atoms with E-state index < -0.39 is 86.8 Å². The summed E-state index contributed by atoms with van der Waals surface area (Å²) in [4.78, 5) is 53.5. The summed E-state index contributed by atoms with van der Waals surface area (Å²) in [7, 11) is -4.86. The summed E-state index contributed by atoms with van der Waals surface area (Å²) in [5, 5.41) is 0. The smallest absolute Gasteiger partial charge is 0.453 e. The standard InChI is InChI=1S/C40H68F2N3O12P/c1-8-9-10-11-12-13-14-15-16-17-18-19-20-21-22-23-24-32(46)57-33-30(56-34(40(33,41)42)45-26-25-31(43)44-37(45)49)27-53-58(50,54-28-51-35(47)38(2,3)4)55-29-52-36(48)39(5,6)7/h25-26,30,33-34H,8-24,27-29H2,1-7H3,(H2,43,44,49)/t30?,33-,34-/m1/s1. The summed E-state index contributed by atoms with van der Waals surface area (Å²) in [6.07, 6.45) is 12.4. The van der Waals surface area contributed by atoms with Gasteiger partial charge in [-0.15, -0.1) is 0 Å². The molecule has 0 bridgehead atoms. The van der Waals surface area contributed by atoms with Crippen LogP contribution >= 0.6 is 7.82 Å². The number of esters is 3. The molecule has 15 nitrogen and oxygen atoms in total. The van der Waals surface area contributed by atoms with Crippen molar-refractivity contribution in [2.24, 2.45) is 10.8 Å². The Labute approximate surface area is 342 Å². The fourth-order valence-electron chi connectivity index (χ4n) is 5.87. The largest absolute Gasteiger partial charge is 0.480 e. The summed E-state index contributed by atoms with van der Waals surface area (Å²) in [6, 6.07) is 1.11. The zero-order valence-electron chi connectivity index (χ0n) is 35.6. The molecule has 1 unspecified atom stereocenters. The van der Waals surface area contributed by atoms with Crippen molar-refractivity contribution in [3.05, 3.63) is 22.7 Å². The Kier molecular flexibility index (Phi) is 22.0. The van der Waals surface area contributed by atoms with Gasteiger partial charge < -0.3 is 24.7 Å². The van der Waals surface area contributed by atoms with E-state index in [1.807, 2.05) is 0 Å². The number of unbranched alkanes of at least 4 members (excludes halogenated alkanes) is 15. The number of halogens is 2. The van der Waals surface area contributed by atoms with Crippen LogP contribution in [-0.4, -0.2) is 65.8 Å². The lowest BCUT2D eigenvalue weighted by Crippen LogP contribution is -2.44. The molecule has 1 aromatic rings. The van der Waals surface area contributed by atoms with E-state index >= 15 is 8.78 Å². The third-order valence-corrected chi connectivity index (χ3v) is 10.7. The van der Waals surface area contributed by atoms with Crippen LogP contribution in [0.4, 0.5) is 14.6 Å². The minimum absolute atomic E-state index is 0.157. The maximum absolute atomic E-state index is 16.1. The van der Waals surface area contributed by atoms with Gasteiger partial charge in [-0.05, 0) is 54.0 Å². The van der Waals surface area contributed by atoms with Crippen LogP contribution in [-0.2, 0) is 51.5 Å². The van der Waals surface area contributed by atoms with E-state index in [2.05, 4.69) is 11.9 Å². The molecule has 1 fully saturated rings. The molecule has 3 atom stereocenters. The van der Waals surface area contributed by atoms with Crippen molar-refractivity contribution in [3.8, 4) is 0 Å². The van der Waals surface area contributed by atoms with Gasteiger partial charge in [0.15, 0.2) is 6.10 Å². The highest BCUT2D eigenvalue weighted by molar-refractivity contribution is 7.48. The molecule has 1 aliphatic rings.